The number of carbonyl (C=O) groups excluding carboxylic acids is 1. The molecule has 0 saturated carbocycles. The standard InChI is InChI=1S/C19H15ClFN5O/c1-11-16(18(27)25-13-8-6-12(21)7-9-13)17(14-4-2-3-5-15(14)20)26-19(24-11)22-10-23-26/h2-10,17H,1H3,(H,25,27)(H,22,23,24). The van der Waals surface area contributed by atoms with Crippen LogP contribution in [0.25, 0.3) is 0 Å². The van der Waals surface area contributed by atoms with Crippen molar-refractivity contribution in [2.75, 3.05) is 10.6 Å². The first-order chi connectivity index (χ1) is 13.0. The van der Waals surface area contributed by atoms with E-state index < -0.39 is 6.04 Å². The van der Waals surface area contributed by atoms with Crippen LogP contribution in [0.5, 0.6) is 0 Å². The van der Waals surface area contributed by atoms with Crippen molar-refractivity contribution in [2.24, 2.45) is 0 Å². The molecule has 0 radical (unpaired) electrons. The molecule has 0 bridgehead atoms. The van der Waals surface area contributed by atoms with E-state index in [0.29, 0.717) is 27.9 Å². The smallest absolute Gasteiger partial charge is 0.255 e. The number of amides is 1. The molecule has 1 amide bonds. The second-order valence-corrected chi connectivity index (χ2v) is 6.48. The lowest BCUT2D eigenvalue weighted by molar-refractivity contribution is -0.113. The topological polar surface area (TPSA) is 71.8 Å². The fourth-order valence-corrected chi connectivity index (χ4v) is 3.34. The molecule has 2 heterocycles. The monoisotopic (exact) mass is 383 g/mol. The van der Waals surface area contributed by atoms with Gasteiger partial charge in [-0.15, -0.1) is 0 Å². The number of allylic oxidation sites excluding steroid dienone is 1. The van der Waals surface area contributed by atoms with Gasteiger partial charge in [-0.2, -0.15) is 10.1 Å². The average Bonchev–Trinajstić information content (AvgIpc) is 3.11. The largest absolute Gasteiger partial charge is 0.328 e. The summed E-state index contributed by atoms with van der Waals surface area (Å²) in [5.41, 5.74) is 2.31. The van der Waals surface area contributed by atoms with E-state index in [1.54, 1.807) is 17.7 Å². The van der Waals surface area contributed by atoms with E-state index in [4.69, 9.17) is 11.6 Å². The van der Waals surface area contributed by atoms with Gasteiger partial charge in [-0.1, -0.05) is 29.8 Å². The van der Waals surface area contributed by atoms with Crippen molar-refractivity contribution in [1.82, 2.24) is 14.8 Å². The number of anilines is 2. The summed E-state index contributed by atoms with van der Waals surface area (Å²) >= 11 is 6.41. The molecule has 0 saturated heterocycles. The number of hydrogen-bond acceptors (Lipinski definition) is 4. The highest BCUT2D eigenvalue weighted by molar-refractivity contribution is 6.31. The Labute approximate surface area is 159 Å². The molecule has 27 heavy (non-hydrogen) atoms. The first kappa shape index (κ1) is 17.2. The van der Waals surface area contributed by atoms with E-state index >= 15 is 0 Å². The lowest BCUT2D eigenvalue weighted by atomic mass is 9.95. The maximum absolute atomic E-state index is 13.1. The Balaban J connectivity index is 1.77. The summed E-state index contributed by atoms with van der Waals surface area (Å²) in [4.78, 5) is 17.3. The van der Waals surface area contributed by atoms with Crippen molar-refractivity contribution >= 4 is 29.1 Å². The summed E-state index contributed by atoms with van der Waals surface area (Å²) in [5, 5.41) is 10.7. The second-order valence-electron chi connectivity index (χ2n) is 6.08. The Hall–Kier alpha value is -3.19. The van der Waals surface area contributed by atoms with Gasteiger partial charge in [0.15, 0.2) is 0 Å². The molecule has 0 spiro atoms. The van der Waals surface area contributed by atoms with Crippen LogP contribution in [-0.4, -0.2) is 20.7 Å². The third-order valence-electron chi connectivity index (χ3n) is 4.34. The van der Waals surface area contributed by atoms with Crippen molar-refractivity contribution in [1.29, 1.82) is 0 Å². The van der Waals surface area contributed by atoms with Gasteiger partial charge in [0, 0.05) is 22.0 Å². The lowest BCUT2D eigenvalue weighted by Crippen LogP contribution is -2.31. The third kappa shape index (κ3) is 3.17. The van der Waals surface area contributed by atoms with Crippen molar-refractivity contribution in [3.05, 3.63) is 82.5 Å². The molecule has 4 rings (SSSR count). The molecule has 136 valence electrons. The molecule has 0 aliphatic carbocycles. The molecule has 1 unspecified atom stereocenters. The molecule has 1 aliphatic rings. The number of halogens is 2. The van der Waals surface area contributed by atoms with Crippen LogP contribution in [0.3, 0.4) is 0 Å². The number of hydrogen-bond donors (Lipinski definition) is 2. The van der Waals surface area contributed by atoms with Gasteiger partial charge in [0.05, 0.1) is 5.57 Å². The molecular weight excluding hydrogens is 369 g/mol. The minimum atomic E-state index is -0.544. The molecule has 3 aromatic rings. The molecule has 2 aromatic carbocycles. The van der Waals surface area contributed by atoms with Gasteiger partial charge in [-0.05, 0) is 37.3 Å². The van der Waals surface area contributed by atoms with Crippen LogP contribution >= 0.6 is 11.6 Å². The van der Waals surface area contributed by atoms with Gasteiger partial charge in [-0.3, -0.25) is 4.79 Å². The predicted molar refractivity (Wildman–Crippen MR) is 101 cm³/mol. The SMILES string of the molecule is CC1=C(C(=O)Nc2ccc(F)cc2)C(c2ccccc2Cl)n2ncnc2N1. The molecule has 1 aliphatic heterocycles. The number of aromatic nitrogens is 3. The third-order valence-corrected chi connectivity index (χ3v) is 4.69. The van der Waals surface area contributed by atoms with Crippen LogP contribution in [0, 0.1) is 5.82 Å². The first-order valence-corrected chi connectivity index (χ1v) is 8.61. The molecule has 1 aromatic heterocycles. The maximum atomic E-state index is 13.1. The zero-order valence-corrected chi connectivity index (χ0v) is 15.0. The Bertz CT molecular complexity index is 1040. The lowest BCUT2D eigenvalue weighted by Gasteiger charge is -2.29. The summed E-state index contributed by atoms with van der Waals surface area (Å²) in [6.07, 6.45) is 1.42. The normalized spacial score (nSPS) is 15.9. The predicted octanol–water partition coefficient (Wildman–Crippen LogP) is 4.00. The summed E-state index contributed by atoms with van der Waals surface area (Å²) < 4.78 is 14.8. The minimum absolute atomic E-state index is 0.335. The fourth-order valence-electron chi connectivity index (χ4n) is 3.10. The van der Waals surface area contributed by atoms with Crippen LogP contribution in [0.2, 0.25) is 5.02 Å². The van der Waals surface area contributed by atoms with Gasteiger partial charge in [0.25, 0.3) is 5.91 Å². The zero-order chi connectivity index (χ0) is 19.0. The summed E-state index contributed by atoms with van der Waals surface area (Å²) in [5.74, 6) is -0.183. The van der Waals surface area contributed by atoms with E-state index in [1.165, 1.54) is 30.6 Å². The van der Waals surface area contributed by atoms with Crippen molar-refractivity contribution in [3.8, 4) is 0 Å². The summed E-state index contributed by atoms with van der Waals surface area (Å²) in [6, 6.07) is 12.3. The zero-order valence-electron chi connectivity index (χ0n) is 14.3. The minimum Gasteiger partial charge on any atom is -0.328 e. The van der Waals surface area contributed by atoms with Crippen molar-refractivity contribution in [3.63, 3.8) is 0 Å². The van der Waals surface area contributed by atoms with Gasteiger partial charge in [-0.25, -0.2) is 9.07 Å². The molecule has 6 nitrogen and oxygen atoms in total. The van der Waals surface area contributed by atoms with Gasteiger partial charge in [0.1, 0.15) is 18.2 Å². The summed E-state index contributed by atoms with van der Waals surface area (Å²) in [7, 11) is 0. The van der Waals surface area contributed by atoms with Crippen LogP contribution in [0.15, 0.2) is 66.1 Å². The Morgan fingerprint density at radius 1 is 1.22 bits per heavy atom. The van der Waals surface area contributed by atoms with E-state index in [9.17, 15) is 9.18 Å². The van der Waals surface area contributed by atoms with E-state index in [1.807, 2.05) is 18.2 Å². The summed E-state index contributed by atoms with van der Waals surface area (Å²) in [6.45, 7) is 1.79. The fraction of sp³-hybridized carbons (Fsp3) is 0.105. The first-order valence-electron chi connectivity index (χ1n) is 8.23. The second kappa shape index (κ2) is 6.85. The number of carbonyl (C=O) groups is 1. The highest BCUT2D eigenvalue weighted by Gasteiger charge is 2.34. The number of nitrogens with zero attached hydrogens (tertiary/aromatic N) is 3. The van der Waals surface area contributed by atoms with Crippen molar-refractivity contribution in [2.45, 2.75) is 13.0 Å². The Morgan fingerprint density at radius 2 is 1.96 bits per heavy atom. The number of fused-ring (bicyclic) bond motifs is 1. The molecule has 2 N–H and O–H groups in total. The molecule has 1 atom stereocenters. The van der Waals surface area contributed by atoms with Gasteiger partial charge < -0.3 is 10.6 Å². The van der Waals surface area contributed by atoms with E-state index in [2.05, 4.69) is 20.7 Å². The quantitative estimate of drug-likeness (QED) is 0.717. The van der Waals surface area contributed by atoms with Crippen LogP contribution in [-0.2, 0) is 4.79 Å². The van der Waals surface area contributed by atoms with Gasteiger partial charge in [0.2, 0.25) is 5.95 Å². The van der Waals surface area contributed by atoms with Crippen molar-refractivity contribution < 1.29 is 9.18 Å². The number of benzene rings is 2. The van der Waals surface area contributed by atoms with Crippen LogP contribution in [0.1, 0.15) is 18.5 Å². The van der Waals surface area contributed by atoms with Crippen LogP contribution in [0.4, 0.5) is 16.0 Å². The maximum Gasteiger partial charge on any atom is 0.255 e. The van der Waals surface area contributed by atoms with E-state index in [-0.39, 0.29) is 11.7 Å². The Morgan fingerprint density at radius 3 is 2.70 bits per heavy atom. The van der Waals surface area contributed by atoms with Crippen LogP contribution < -0.4 is 10.6 Å². The average molecular weight is 384 g/mol. The molecule has 0 fully saturated rings. The van der Waals surface area contributed by atoms with Gasteiger partial charge >= 0.3 is 0 Å². The van der Waals surface area contributed by atoms with E-state index in [0.717, 1.165) is 5.56 Å². The highest BCUT2D eigenvalue weighted by atomic mass is 35.5. The number of nitrogens with one attached hydrogen (secondary N) is 2. The Kier molecular flexibility index (Phi) is 4.37. The highest BCUT2D eigenvalue weighted by Crippen LogP contribution is 2.37. The molecular formula is C19H15ClFN5O. The molecule has 8 heteroatoms. The number of rotatable bonds is 3.